The van der Waals surface area contributed by atoms with Crippen molar-refractivity contribution in [3.8, 4) is 0 Å². The molecule has 18 heavy (non-hydrogen) atoms. The Morgan fingerprint density at radius 3 is 2.72 bits per heavy atom. The number of rotatable bonds is 4. The summed E-state index contributed by atoms with van der Waals surface area (Å²) in [6.07, 6.45) is 4.91. The quantitative estimate of drug-likeness (QED) is 0.907. The van der Waals surface area contributed by atoms with Crippen molar-refractivity contribution in [3.63, 3.8) is 0 Å². The van der Waals surface area contributed by atoms with Gasteiger partial charge in [0.1, 0.15) is 6.10 Å². The minimum atomic E-state index is -0.802. The summed E-state index contributed by atoms with van der Waals surface area (Å²) in [5.41, 5.74) is 0.877. The smallest absolute Gasteiger partial charge is 0.165 e. The number of benzene rings is 1. The minimum Gasteiger partial charge on any atom is -0.385 e. The minimum absolute atomic E-state index is 0.0795. The fraction of sp³-hybridized carbons (Fsp3) is 0.533. The molecule has 1 fully saturated rings. The highest BCUT2D eigenvalue weighted by Gasteiger charge is 2.27. The monoisotopic (exact) mass is 266 g/mol. The number of halogens is 1. The van der Waals surface area contributed by atoms with E-state index in [0.717, 1.165) is 31.2 Å². The number of ketones is 1. The van der Waals surface area contributed by atoms with Crippen LogP contribution in [0.4, 0.5) is 0 Å². The van der Waals surface area contributed by atoms with Crippen LogP contribution in [0.25, 0.3) is 0 Å². The standard InChI is InChI=1S/C15H19ClO2/c16-13-8-4-5-11(9-13)10-14(17)15(18)12-6-2-1-3-7-12/h4-5,8-9,12,15,18H,1-3,6-7,10H2. The van der Waals surface area contributed by atoms with Gasteiger partial charge in [0.05, 0.1) is 0 Å². The van der Waals surface area contributed by atoms with E-state index in [9.17, 15) is 9.90 Å². The van der Waals surface area contributed by atoms with Crippen LogP contribution in [-0.4, -0.2) is 17.0 Å². The number of hydrogen-bond donors (Lipinski definition) is 1. The van der Waals surface area contributed by atoms with Crippen molar-refractivity contribution in [3.05, 3.63) is 34.9 Å². The predicted molar refractivity (Wildman–Crippen MR) is 72.7 cm³/mol. The predicted octanol–water partition coefficient (Wildman–Crippen LogP) is 3.39. The van der Waals surface area contributed by atoms with Crippen LogP contribution in [0.5, 0.6) is 0 Å². The topological polar surface area (TPSA) is 37.3 Å². The van der Waals surface area contributed by atoms with Crippen LogP contribution in [0.3, 0.4) is 0 Å². The molecule has 2 nitrogen and oxygen atoms in total. The molecule has 1 aromatic rings. The molecule has 0 saturated heterocycles. The van der Waals surface area contributed by atoms with Gasteiger partial charge in [0, 0.05) is 11.4 Å². The van der Waals surface area contributed by atoms with Crippen LogP contribution in [0.15, 0.2) is 24.3 Å². The van der Waals surface area contributed by atoms with Crippen molar-refractivity contribution in [2.75, 3.05) is 0 Å². The first-order chi connectivity index (χ1) is 8.66. The van der Waals surface area contributed by atoms with Gasteiger partial charge in [-0.15, -0.1) is 0 Å². The molecule has 2 rings (SSSR count). The zero-order valence-corrected chi connectivity index (χ0v) is 11.2. The molecule has 1 aliphatic carbocycles. The fourth-order valence-electron chi connectivity index (χ4n) is 2.67. The Morgan fingerprint density at radius 1 is 1.33 bits per heavy atom. The van der Waals surface area contributed by atoms with Crippen LogP contribution in [0, 0.1) is 5.92 Å². The average molecular weight is 267 g/mol. The van der Waals surface area contributed by atoms with Gasteiger partial charge in [-0.1, -0.05) is 43.0 Å². The van der Waals surface area contributed by atoms with E-state index in [2.05, 4.69) is 0 Å². The third-order valence-corrected chi connectivity index (χ3v) is 3.93. The summed E-state index contributed by atoms with van der Waals surface area (Å²) < 4.78 is 0. The summed E-state index contributed by atoms with van der Waals surface area (Å²) in [4.78, 5) is 12.0. The van der Waals surface area contributed by atoms with E-state index < -0.39 is 6.10 Å². The largest absolute Gasteiger partial charge is 0.385 e. The van der Waals surface area contributed by atoms with Gasteiger partial charge in [-0.05, 0) is 36.5 Å². The molecule has 1 unspecified atom stereocenters. The molecule has 0 spiro atoms. The summed E-state index contributed by atoms with van der Waals surface area (Å²) in [6, 6.07) is 7.27. The maximum Gasteiger partial charge on any atom is 0.165 e. The molecule has 0 aliphatic heterocycles. The van der Waals surface area contributed by atoms with E-state index in [4.69, 9.17) is 11.6 Å². The molecule has 98 valence electrons. The molecular formula is C15H19ClO2. The van der Waals surface area contributed by atoms with Gasteiger partial charge in [-0.25, -0.2) is 0 Å². The van der Waals surface area contributed by atoms with Crippen molar-refractivity contribution in [2.45, 2.75) is 44.6 Å². The Hall–Kier alpha value is -0.860. The average Bonchev–Trinajstić information content (AvgIpc) is 2.39. The molecule has 0 heterocycles. The summed E-state index contributed by atoms with van der Waals surface area (Å²) in [6.45, 7) is 0. The molecule has 1 N–H and O–H groups in total. The number of carbonyl (C=O) groups excluding carboxylic acids is 1. The van der Waals surface area contributed by atoms with E-state index in [0.29, 0.717) is 5.02 Å². The molecule has 0 radical (unpaired) electrons. The van der Waals surface area contributed by atoms with Gasteiger partial charge in [-0.3, -0.25) is 4.79 Å². The van der Waals surface area contributed by atoms with Gasteiger partial charge >= 0.3 is 0 Å². The van der Waals surface area contributed by atoms with E-state index >= 15 is 0 Å². The van der Waals surface area contributed by atoms with Crippen LogP contribution >= 0.6 is 11.6 Å². The Morgan fingerprint density at radius 2 is 2.06 bits per heavy atom. The van der Waals surface area contributed by atoms with Crippen molar-refractivity contribution in [2.24, 2.45) is 5.92 Å². The first-order valence-electron chi connectivity index (χ1n) is 6.62. The molecule has 1 saturated carbocycles. The van der Waals surface area contributed by atoms with Gasteiger partial charge < -0.3 is 5.11 Å². The highest BCUT2D eigenvalue weighted by molar-refractivity contribution is 6.30. The van der Waals surface area contributed by atoms with Crippen molar-refractivity contribution >= 4 is 17.4 Å². The lowest BCUT2D eigenvalue weighted by molar-refractivity contribution is -0.129. The van der Waals surface area contributed by atoms with Crippen LogP contribution in [0.1, 0.15) is 37.7 Å². The number of aliphatic hydroxyl groups is 1. The second-order valence-corrected chi connectivity index (χ2v) is 5.55. The molecule has 0 bridgehead atoms. The van der Waals surface area contributed by atoms with E-state index in [1.807, 2.05) is 12.1 Å². The SMILES string of the molecule is O=C(Cc1cccc(Cl)c1)C(O)C1CCCCC1. The lowest BCUT2D eigenvalue weighted by Crippen LogP contribution is -2.32. The number of Topliss-reactive ketones (excluding diaryl/α,β-unsaturated/α-hetero) is 1. The lowest BCUT2D eigenvalue weighted by Gasteiger charge is -2.25. The molecule has 1 atom stereocenters. The van der Waals surface area contributed by atoms with Gasteiger partial charge in [0.2, 0.25) is 0 Å². The highest BCUT2D eigenvalue weighted by Crippen LogP contribution is 2.27. The van der Waals surface area contributed by atoms with Gasteiger partial charge in [0.15, 0.2) is 5.78 Å². The van der Waals surface area contributed by atoms with E-state index in [1.54, 1.807) is 12.1 Å². The maximum absolute atomic E-state index is 12.0. The molecular weight excluding hydrogens is 248 g/mol. The molecule has 3 heteroatoms. The first kappa shape index (κ1) is 13.6. The maximum atomic E-state index is 12.0. The summed E-state index contributed by atoms with van der Waals surface area (Å²) >= 11 is 5.88. The zero-order chi connectivity index (χ0) is 13.0. The van der Waals surface area contributed by atoms with Gasteiger partial charge in [-0.2, -0.15) is 0 Å². The molecule has 0 aromatic heterocycles. The number of carbonyl (C=O) groups is 1. The van der Waals surface area contributed by atoms with Crippen molar-refractivity contribution in [1.29, 1.82) is 0 Å². The normalized spacial score (nSPS) is 18.6. The first-order valence-corrected chi connectivity index (χ1v) is 7.00. The van der Waals surface area contributed by atoms with Crippen LogP contribution in [0.2, 0.25) is 5.02 Å². The van der Waals surface area contributed by atoms with Gasteiger partial charge in [0.25, 0.3) is 0 Å². The second kappa shape index (κ2) is 6.35. The third-order valence-electron chi connectivity index (χ3n) is 3.69. The van der Waals surface area contributed by atoms with E-state index in [1.165, 1.54) is 6.42 Å². The summed E-state index contributed by atoms with van der Waals surface area (Å²) in [7, 11) is 0. The Kier molecular flexibility index (Phi) is 4.79. The van der Waals surface area contributed by atoms with E-state index in [-0.39, 0.29) is 18.1 Å². The Balaban J connectivity index is 1.94. The molecule has 1 aliphatic rings. The number of aliphatic hydroxyl groups excluding tert-OH is 1. The summed E-state index contributed by atoms with van der Waals surface area (Å²) in [5, 5.41) is 10.7. The Bertz CT molecular complexity index is 411. The third kappa shape index (κ3) is 3.56. The second-order valence-electron chi connectivity index (χ2n) is 5.12. The van der Waals surface area contributed by atoms with Crippen LogP contribution < -0.4 is 0 Å². The zero-order valence-electron chi connectivity index (χ0n) is 10.4. The van der Waals surface area contributed by atoms with Crippen molar-refractivity contribution < 1.29 is 9.90 Å². The van der Waals surface area contributed by atoms with Crippen molar-refractivity contribution in [1.82, 2.24) is 0 Å². The molecule has 1 aromatic carbocycles. The molecule has 0 amide bonds. The lowest BCUT2D eigenvalue weighted by atomic mass is 9.83. The highest BCUT2D eigenvalue weighted by atomic mass is 35.5. The summed E-state index contributed by atoms with van der Waals surface area (Å²) in [5.74, 6) is 0.0783. The fourth-order valence-corrected chi connectivity index (χ4v) is 2.88. The number of hydrogen-bond acceptors (Lipinski definition) is 2. The van der Waals surface area contributed by atoms with Crippen LogP contribution in [-0.2, 0) is 11.2 Å². The Labute approximate surface area is 113 Å².